The third kappa shape index (κ3) is 2.91. The topological polar surface area (TPSA) is 15.7 Å². The summed E-state index contributed by atoms with van der Waals surface area (Å²) in [6.07, 6.45) is 1.19. The number of ether oxygens (including phenoxy) is 1. The highest BCUT2D eigenvalue weighted by Gasteiger charge is 2.30. The Balaban J connectivity index is 1.73. The van der Waals surface area contributed by atoms with E-state index in [4.69, 9.17) is 27.9 Å². The Labute approximate surface area is 130 Å². The molecule has 0 amide bonds. The van der Waals surface area contributed by atoms with E-state index in [1.807, 2.05) is 12.1 Å². The van der Waals surface area contributed by atoms with Gasteiger partial charge in [-0.25, -0.2) is 0 Å². The van der Waals surface area contributed by atoms with Crippen LogP contribution in [0.25, 0.3) is 0 Å². The van der Waals surface area contributed by atoms with Gasteiger partial charge in [0.25, 0.3) is 0 Å². The highest BCUT2D eigenvalue weighted by Crippen LogP contribution is 2.34. The molecule has 1 aromatic rings. The predicted octanol–water partition coefficient (Wildman–Crippen LogP) is 2.99. The van der Waals surface area contributed by atoms with E-state index in [1.165, 1.54) is 6.42 Å². The number of anilines is 1. The first kappa shape index (κ1) is 14.5. The van der Waals surface area contributed by atoms with Gasteiger partial charge in [-0.2, -0.15) is 0 Å². The fourth-order valence-corrected chi connectivity index (χ4v) is 3.74. The summed E-state index contributed by atoms with van der Waals surface area (Å²) in [5, 5.41) is 0.811. The lowest BCUT2D eigenvalue weighted by Gasteiger charge is -2.32. The van der Waals surface area contributed by atoms with E-state index in [0.29, 0.717) is 11.9 Å². The van der Waals surface area contributed by atoms with Gasteiger partial charge in [-0.05, 0) is 18.1 Å². The zero-order valence-electron chi connectivity index (χ0n) is 11.5. The van der Waals surface area contributed by atoms with Crippen molar-refractivity contribution in [1.29, 1.82) is 0 Å². The normalized spacial score (nSPS) is 24.3. The zero-order valence-corrected chi connectivity index (χ0v) is 13.0. The highest BCUT2D eigenvalue weighted by molar-refractivity contribution is 6.33. The second kappa shape index (κ2) is 6.52. The molecule has 2 saturated heterocycles. The van der Waals surface area contributed by atoms with Gasteiger partial charge in [0, 0.05) is 38.1 Å². The maximum Gasteiger partial charge on any atom is 0.0642 e. The van der Waals surface area contributed by atoms with Gasteiger partial charge in [-0.15, -0.1) is 11.6 Å². The van der Waals surface area contributed by atoms with E-state index < -0.39 is 0 Å². The molecule has 3 nitrogen and oxygen atoms in total. The number of rotatable bonds is 3. The summed E-state index contributed by atoms with van der Waals surface area (Å²) < 4.78 is 5.43. The molecule has 1 aromatic carbocycles. The van der Waals surface area contributed by atoms with Gasteiger partial charge < -0.3 is 9.64 Å². The number of para-hydroxylation sites is 1. The second-order valence-electron chi connectivity index (χ2n) is 5.42. The molecule has 110 valence electrons. The summed E-state index contributed by atoms with van der Waals surface area (Å²) in [7, 11) is 0. The first-order chi connectivity index (χ1) is 9.79. The van der Waals surface area contributed by atoms with E-state index in [2.05, 4.69) is 15.9 Å². The molecule has 0 bridgehead atoms. The molecular weight excluding hydrogens is 295 g/mol. The van der Waals surface area contributed by atoms with Gasteiger partial charge in [-0.3, -0.25) is 4.90 Å². The molecular formula is C15H20Cl2N2O. The Morgan fingerprint density at radius 2 is 2.00 bits per heavy atom. The minimum Gasteiger partial charge on any atom is -0.379 e. The van der Waals surface area contributed by atoms with Gasteiger partial charge in [0.2, 0.25) is 0 Å². The van der Waals surface area contributed by atoms with Crippen molar-refractivity contribution in [2.75, 3.05) is 44.3 Å². The van der Waals surface area contributed by atoms with Crippen molar-refractivity contribution in [1.82, 2.24) is 4.90 Å². The lowest BCUT2D eigenvalue weighted by Crippen LogP contribution is -2.44. The molecule has 2 aliphatic rings. The van der Waals surface area contributed by atoms with Crippen molar-refractivity contribution in [2.45, 2.75) is 18.3 Å². The lowest BCUT2D eigenvalue weighted by atomic mass is 10.2. The molecule has 2 heterocycles. The molecule has 20 heavy (non-hydrogen) atoms. The molecule has 2 aliphatic heterocycles. The zero-order chi connectivity index (χ0) is 13.9. The Kier molecular flexibility index (Phi) is 4.72. The van der Waals surface area contributed by atoms with Crippen LogP contribution in [0.1, 0.15) is 12.0 Å². The van der Waals surface area contributed by atoms with Crippen molar-refractivity contribution in [3.63, 3.8) is 0 Å². The molecule has 0 spiro atoms. The summed E-state index contributed by atoms with van der Waals surface area (Å²) in [6.45, 7) is 5.89. The van der Waals surface area contributed by atoms with E-state index in [0.717, 1.165) is 55.7 Å². The van der Waals surface area contributed by atoms with Crippen molar-refractivity contribution >= 4 is 28.9 Å². The lowest BCUT2D eigenvalue weighted by molar-refractivity contribution is 0.0209. The van der Waals surface area contributed by atoms with Crippen LogP contribution in [0, 0.1) is 0 Å². The van der Waals surface area contributed by atoms with Crippen molar-refractivity contribution < 1.29 is 4.74 Å². The monoisotopic (exact) mass is 314 g/mol. The quantitative estimate of drug-likeness (QED) is 0.798. The molecule has 0 radical (unpaired) electrons. The van der Waals surface area contributed by atoms with Crippen LogP contribution in [0.2, 0.25) is 5.02 Å². The highest BCUT2D eigenvalue weighted by atomic mass is 35.5. The van der Waals surface area contributed by atoms with Crippen LogP contribution in [0.4, 0.5) is 5.69 Å². The average Bonchev–Trinajstić information content (AvgIpc) is 2.97. The first-order valence-electron chi connectivity index (χ1n) is 7.19. The molecule has 0 aromatic heterocycles. The van der Waals surface area contributed by atoms with Crippen LogP contribution >= 0.6 is 23.2 Å². The number of benzene rings is 1. The number of halogens is 2. The SMILES string of the molecule is ClCc1cccc(Cl)c1N1CCC(N2CCOCC2)C1. The maximum atomic E-state index is 6.39. The summed E-state index contributed by atoms with van der Waals surface area (Å²) in [6, 6.07) is 6.60. The molecule has 1 atom stereocenters. The molecule has 5 heteroatoms. The number of morpholine rings is 1. The molecule has 3 rings (SSSR count). The van der Waals surface area contributed by atoms with E-state index in [-0.39, 0.29) is 0 Å². The van der Waals surface area contributed by atoms with Crippen molar-refractivity contribution in [3.05, 3.63) is 28.8 Å². The first-order valence-corrected chi connectivity index (χ1v) is 8.11. The fourth-order valence-electron chi connectivity index (χ4n) is 3.21. The largest absolute Gasteiger partial charge is 0.379 e. The van der Waals surface area contributed by atoms with Gasteiger partial charge >= 0.3 is 0 Å². The van der Waals surface area contributed by atoms with E-state index >= 15 is 0 Å². The van der Waals surface area contributed by atoms with Crippen molar-refractivity contribution in [3.8, 4) is 0 Å². The third-order valence-electron chi connectivity index (χ3n) is 4.26. The van der Waals surface area contributed by atoms with Crippen LogP contribution in [0.3, 0.4) is 0 Å². The number of nitrogens with zero attached hydrogens (tertiary/aromatic N) is 2. The number of hydrogen-bond donors (Lipinski definition) is 0. The van der Waals surface area contributed by atoms with Crippen LogP contribution in [-0.4, -0.2) is 50.3 Å². The number of hydrogen-bond acceptors (Lipinski definition) is 3. The van der Waals surface area contributed by atoms with Gasteiger partial charge in [0.1, 0.15) is 0 Å². The molecule has 1 unspecified atom stereocenters. The standard InChI is InChI=1S/C15H20Cl2N2O/c16-10-12-2-1-3-14(17)15(12)19-5-4-13(11-19)18-6-8-20-9-7-18/h1-3,13H,4-11H2. The molecule has 0 N–H and O–H groups in total. The summed E-state index contributed by atoms with van der Waals surface area (Å²) in [4.78, 5) is 4.93. The summed E-state index contributed by atoms with van der Waals surface area (Å²) in [5.41, 5.74) is 2.25. The van der Waals surface area contributed by atoms with Crippen LogP contribution in [0.15, 0.2) is 18.2 Å². The third-order valence-corrected chi connectivity index (χ3v) is 4.85. The molecule has 2 fully saturated rings. The smallest absolute Gasteiger partial charge is 0.0642 e. The Bertz CT molecular complexity index is 463. The van der Waals surface area contributed by atoms with Gasteiger partial charge in [-0.1, -0.05) is 23.7 Å². The summed E-state index contributed by atoms with van der Waals surface area (Å²) in [5.74, 6) is 0.509. The molecule has 0 aliphatic carbocycles. The summed E-state index contributed by atoms with van der Waals surface area (Å²) >= 11 is 12.4. The Morgan fingerprint density at radius 1 is 1.20 bits per heavy atom. The average molecular weight is 315 g/mol. The van der Waals surface area contributed by atoms with Gasteiger partial charge in [0.05, 0.1) is 23.9 Å². The second-order valence-corrected chi connectivity index (χ2v) is 6.09. The molecule has 0 saturated carbocycles. The van der Waals surface area contributed by atoms with E-state index in [9.17, 15) is 0 Å². The van der Waals surface area contributed by atoms with Crippen LogP contribution in [-0.2, 0) is 10.6 Å². The van der Waals surface area contributed by atoms with Crippen LogP contribution in [0.5, 0.6) is 0 Å². The van der Waals surface area contributed by atoms with E-state index in [1.54, 1.807) is 0 Å². The minimum absolute atomic E-state index is 0.509. The predicted molar refractivity (Wildman–Crippen MR) is 84.0 cm³/mol. The maximum absolute atomic E-state index is 6.39. The van der Waals surface area contributed by atoms with Crippen LogP contribution < -0.4 is 4.90 Å². The van der Waals surface area contributed by atoms with Crippen molar-refractivity contribution in [2.24, 2.45) is 0 Å². The Morgan fingerprint density at radius 3 is 2.75 bits per heavy atom. The fraction of sp³-hybridized carbons (Fsp3) is 0.600. The Hall–Kier alpha value is -0.480. The minimum atomic E-state index is 0.509. The number of alkyl halides is 1. The van der Waals surface area contributed by atoms with Gasteiger partial charge in [0.15, 0.2) is 0 Å².